The van der Waals surface area contributed by atoms with Crippen molar-refractivity contribution in [3.63, 3.8) is 0 Å². The summed E-state index contributed by atoms with van der Waals surface area (Å²) in [4.78, 5) is 17.2. The van der Waals surface area contributed by atoms with Crippen molar-refractivity contribution in [2.45, 2.75) is 37.6 Å². The third kappa shape index (κ3) is 3.49. The number of urea groups is 1. The van der Waals surface area contributed by atoms with E-state index in [1.54, 1.807) is 31.5 Å². The van der Waals surface area contributed by atoms with Crippen LogP contribution in [0.4, 0.5) is 18.0 Å². The SMILES string of the molecule is CC(NC(=O)N1CCC(O)(C(F)(F)F)CC1)c1ccncc1. The highest BCUT2D eigenvalue weighted by Gasteiger charge is 2.54. The molecule has 122 valence electrons. The van der Waals surface area contributed by atoms with Crippen molar-refractivity contribution in [3.05, 3.63) is 30.1 Å². The fourth-order valence-electron chi connectivity index (χ4n) is 2.38. The predicted molar refractivity (Wildman–Crippen MR) is 73.0 cm³/mol. The van der Waals surface area contributed by atoms with Crippen molar-refractivity contribution in [2.75, 3.05) is 13.1 Å². The Balaban J connectivity index is 1.91. The summed E-state index contributed by atoms with van der Waals surface area (Å²) in [5.74, 6) is 0. The lowest BCUT2D eigenvalue weighted by atomic mass is 9.91. The summed E-state index contributed by atoms with van der Waals surface area (Å²) in [6.45, 7) is 1.51. The van der Waals surface area contributed by atoms with Gasteiger partial charge in [0.2, 0.25) is 0 Å². The molecule has 0 spiro atoms. The number of likely N-dealkylation sites (tertiary alicyclic amines) is 1. The van der Waals surface area contributed by atoms with Crippen molar-refractivity contribution in [1.29, 1.82) is 0 Å². The van der Waals surface area contributed by atoms with E-state index in [4.69, 9.17) is 0 Å². The summed E-state index contributed by atoms with van der Waals surface area (Å²) < 4.78 is 38.1. The van der Waals surface area contributed by atoms with Crippen LogP contribution in [0.25, 0.3) is 0 Å². The molecule has 0 aromatic carbocycles. The zero-order chi connectivity index (χ0) is 16.4. The van der Waals surface area contributed by atoms with Gasteiger partial charge in [0.1, 0.15) is 0 Å². The predicted octanol–water partition coefficient (Wildman–Crippen LogP) is 2.24. The van der Waals surface area contributed by atoms with Gasteiger partial charge in [-0.05, 0) is 24.6 Å². The number of carbonyl (C=O) groups is 1. The number of aliphatic hydroxyl groups is 1. The van der Waals surface area contributed by atoms with Gasteiger partial charge in [-0.2, -0.15) is 13.2 Å². The Bertz CT molecular complexity index is 514. The minimum Gasteiger partial charge on any atom is -0.380 e. The van der Waals surface area contributed by atoms with Crippen LogP contribution in [0.2, 0.25) is 0 Å². The molecular formula is C14H18F3N3O2. The average Bonchev–Trinajstić information content (AvgIpc) is 2.47. The molecule has 2 N–H and O–H groups in total. The number of halogens is 3. The number of pyridine rings is 1. The number of hydrogen-bond acceptors (Lipinski definition) is 3. The first kappa shape index (κ1) is 16.5. The van der Waals surface area contributed by atoms with Gasteiger partial charge in [0.25, 0.3) is 0 Å². The Morgan fingerprint density at radius 3 is 2.41 bits per heavy atom. The van der Waals surface area contributed by atoms with Gasteiger partial charge in [0.15, 0.2) is 5.60 Å². The maximum atomic E-state index is 12.7. The van der Waals surface area contributed by atoms with E-state index in [0.29, 0.717) is 0 Å². The fourth-order valence-corrected chi connectivity index (χ4v) is 2.38. The molecule has 0 radical (unpaired) electrons. The van der Waals surface area contributed by atoms with E-state index in [9.17, 15) is 23.1 Å². The van der Waals surface area contributed by atoms with Crippen molar-refractivity contribution < 1.29 is 23.1 Å². The molecule has 1 aliphatic heterocycles. The minimum absolute atomic E-state index is 0.134. The molecule has 0 aliphatic carbocycles. The molecule has 1 unspecified atom stereocenters. The summed E-state index contributed by atoms with van der Waals surface area (Å²) in [5, 5.41) is 12.3. The number of piperidine rings is 1. The molecule has 1 saturated heterocycles. The first-order valence-electron chi connectivity index (χ1n) is 6.97. The molecule has 22 heavy (non-hydrogen) atoms. The van der Waals surface area contributed by atoms with Gasteiger partial charge in [-0.3, -0.25) is 4.98 Å². The number of nitrogens with one attached hydrogen (secondary N) is 1. The molecule has 1 aromatic rings. The zero-order valence-corrected chi connectivity index (χ0v) is 12.1. The van der Waals surface area contributed by atoms with Crippen LogP contribution >= 0.6 is 0 Å². The minimum atomic E-state index is -4.67. The number of aromatic nitrogens is 1. The molecular weight excluding hydrogens is 299 g/mol. The monoisotopic (exact) mass is 317 g/mol. The summed E-state index contributed by atoms with van der Waals surface area (Å²) in [6, 6.07) is 2.79. The van der Waals surface area contributed by atoms with Crippen molar-refractivity contribution in [2.24, 2.45) is 0 Å². The lowest BCUT2D eigenvalue weighted by Gasteiger charge is -2.39. The van der Waals surface area contributed by atoms with Gasteiger partial charge in [0, 0.05) is 38.3 Å². The highest BCUT2D eigenvalue weighted by atomic mass is 19.4. The maximum Gasteiger partial charge on any atom is 0.417 e. The second kappa shape index (κ2) is 6.12. The largest absolute Gasteiger partial charge is 0.417 e. The van der Waals surface area contributed by atoms with Crippen LogP contribution in [0.15, 0.2) is 24.5 Å². The highest BCUT2D eigenvalue weighted by Crippen LogP contribution is 2.38. The van der Waals surface area contributed by atoms with Gasteiger partial charge in [-0.1, -0.05) is 0 Å². The third-order valence-electron chi connectivity index (χ3n) is 3.95. The fraction of sp³-hybridized carbons (Fsp3) is 0.571. The number of nitrogens with zero attached hydrogens (tertiary/aromatic N) is 2. The molecule has 1 aromatic heterocycles. The van der Waals surface area contributed by atoms with Crippen LogP contribution < -0.4 is 5.32 Å². The second-order valence-corrected chi connectivity index (χ2v) is 5.47. The number of alkyl halides is 3. The lowest BCUT2D eigenvalue weighted by Crippen LogP contribution is -2.56. The lowest BCUT2D eigenvalue weighted by molar-refractivity contribution is -0.271. The van der Waals surface area contributed by atoms with Gasteiger partial charge >= 0.3 is 12.2 Å². The molecule has 1 aliphatic rings. The Hall–Kier alpha value is -1.83. The molecule has 8 heteroatoms. The molecule has 2 rings (SSSR count). The van der Waals surface area contributed by atoms with Crippen molar-refractivity contribution in [1.82, 2.24) is 15.2 Å². The maximum absolute atomic E-state index is 12.7. The van der Waals surface area contributed by atoms with Crippen LogP contribution in [0, 0.1) is 0 Å². The van der Waals surface area contributed by atoms with E-state index in [0.717, 1.165) is 5.56 Å². The van der Waals surface area contributed by atoms with E-state index in [1.807, 2.05) is 0 Å². The van der Waals surface area contributed by atoms with Gasteiger partial charge < -0.3 is 15.3 Å². The molecule has 1 atom stereocenters. The van der Waals surface area contributed by atoms with Crippen molar-refractivity contribution in [3.8, 4) is 0 Å². The summed E-state index contributed by atoms with van der Waals surface area (Å²) in [5.41, 5.74) is -1.84. The standard InChI is InChI=1S/C14H18F3N3O2/c1-10(11-2-6-18-7-3-11)19-12(21)20-8-4-13(22,5-9-20)14(15,16)17/h2-3,6-7,10,22H,4-5,8-9H2,1H3,(H,19,21). The zero-order valence-electron chi connectivity index (χ0n) is 12.1. The molecule has 2 amide bonds. The quantitative estimate of drug-likeness (QED) is 0.879. The van der Waals surface area contributed by atoms with Crippen LogP contribution in [-0.2, 0) is 0 Å². The normalized spacial score (nSPS) is 19.6. The van der Waals surface area contributed by atoms with Crippen LogP contribution in [-0.4, -0.2) is 45.9 Å². The van der Waals surface area contributed by atoms with Crippen LogP contribution in [0.5, 0.6) is 0 Å². The summed E-state index contributed by atoms with van der Waals surface area (Å²) in [7, 11) is 0. The molecule has 0 saturated carbocycles. The van der Waals surface area contributed by atoms with Crippen LogP contribution in [0.1, 0.15) is 31.4 Å². The van der Waals surface area contributed by atoms with Gasteiger partial charge in [0.05, 0.1) is 6.04 Å². The molecule has 2 heterocycles. The first-order chi connectivity index (χ1) is 10.2. The van der Waals surface area contributed by atoms with Crippen molar-refractivity contribution >= 4 is 6.03 Å². The highest BCUT2D eigenvalue weighted by molar-refractivity contribution is 5.74. The Morgan fingerprint density at radius 2 is 1.91 bits per heavy atom. The van der Waals surface area contributed by atoms with E-state index in [2.05, 4.69) is 10.3 Å². The van der Waals surface area contributed by atoms with E-state index in [-0.39, 0.29) is 19.1 Å². The van der Waals surface area contributed by atoms with Gasteiger partial charge in [-0.25, -0.2) is 4.79 Å². The van der Waals surface area contributed by atoms with E-state index >= 15 is 0 Å². The molecule has 1 fully saturated rings. The van der Waals surface area contributed by atoms with Crippen LogP contribution in [0.3, 0.4) is 0 Å². The number of carbonyl (C=O) groups excluding carboxylic acids is 1. The molecule has 0 bridgehead atoms. The van der Waals surface area contributed by atoms with E-state index in [1.165, 1.54) is 4.90 Å². The Labute approximate surface area is 126 Å². The topological polar surface area (TPSA) is 65.5 Å². The number of amides is 2. The third-order valence-corrected chi connectivity index (χ3v) is 3.95. The van der Waals surface area contributed by atoms with Gasteiger partial charge in [-0.15, -0.1) is 0 Å². The summed E-state index contributed by atoms with van der Waals surface area (Å²) >= 11 is 0. The first-order valence-corrected chi connectivity index (χ1v) is 6.97. The number of rotatable bonds is 2. The number of hydrogen-bond donors (Lipinski definition) is 2. The molecule has 5 nitrogen and oxygen atoms in total. The Kier molecular flexibility index (Phi) is 4.60. The summed E-state index contributed by atoms with van der Waals surface area (Å²) in [6.07, 6.45) is -2.48. The smallest absolute Gasteiger partial charge is 0.380 e. The van der Waals surface area contributed by atoms with E-state index < -0.39 is 30.7 Å². The second-order valence-electron chi connectivity index (χ2n) is 5.47. The average molecular weight is 317 g/mol. The Morgan fingerprint density at radius 1 is 1.36 bits per heavy atom.